The molecule has 1 unspecified atom stereocenters. The summed E-state index contributed by atoms with van der Waals surface area (Å²) in [6.07, 6.45) is 4.47. The van der Waals surface area contributed by atoms with Gasteiger partial charge in [-0.15, -0.1) is 0 Å². The van der Waals surface area contributed by atoms with Gasteiger partial charge in [0.2, 0.25) is 0 Å². The summed E-state index contributed by atoms with van der Waals surface area (Å²) in [5.41, 5.74) is 4.06. The minimum absolute atomic E-state index is 0.395. The van der Waals surface area contributed by atoms with Crippen LogP contribution in [0.5, 0.6) is 0 Å². The van der Waals surface area contributed by atoms with Crippen LogP contribution in [0, 0.1) is 0 Å². The second-order valence-electron chi connectivity index (χ2n) is 3.99. The topological polar surface area (TPSA) is 0 Å². The quantitative estimate of drug-likeness (QED) is 0.710. The highest BCUT2D eigenvalue weighted by molar-refractivity contribution is 9.10. The van der Waals surface area contributed by atoms with E-state index in [4.69, 9.17) is 0 Å². The zero-order valence-corrected chi connectivity index (χ0v) is 10.3. The molecule has 0 saturated carbocycles. The van der Waals surface area contributed by atoms with Gasteiger partial charge in [-0.25, -0.2) is 0 Å². The lowest BCUT2D eigenvalue weighted by Crippen LogP contribution is -1.96. The van der Waals surface area contributed by atoms with E-state index in [0.717, 1.165) is 0 Å². The Labute approximate surface area is 104 Å². The van der Waals surface area contributed by atoms with Crippen molar-refractivity contribution < 1.29 is 0 Å². The van der Waals surface area contributed by atoms with Gasteiger partial charge >= 0.3 is 0 Å². The molecule has 0 saturated heterocycles. The third-order valence-corrected chi connectivity index (χ3v) is 3.72. The Hall–Kier alpha value is -1.34. The Kier molecular flexibility index (Phi) is 2.41. The van der Waals surface area contributed by atoms with E-state index >= 15 is 0 Å². The van der Waals surface area contributed by atoms with Crippen molar-refractivity contribution in [3.8, 4) is 0 Å². The number of hydrogen-bond acceptors (Lipinski definition) is 0. The highest BCUT2D eigenvalue weighted by Crippen LogP contribution is 2.39. The minimum atomic E-state index is 0.395. The first-order valence-corrected chi connectivity index (χ1v) is 6.17. The van der Waals surface area contributed by atoms with Crippen LogP contribution in [-0.4, -0.2) is 0 Å². The van der Waals surface area contributed by atoms with Crippen LogP contribution in [0.1, 0.15) is 22.6 Å². The third-order valence-electron chi connectivity index (χ3n) is 3.02. The molecule has 1 heteroatoms. The maximum absolute atomic E-state index is 3.64. The largest absolute Gasteiger partial charge is 0.0720 e. The lowest BCUT2D eigenvalue weighted by atomic mass is 9.93. The number of hydrogen-bond donors (Lipinski definition) is 0. The van der Waals surface area contributed by atoms with Gasteiger partial charge in [0.1, 0.15) is 0 Å². The van der Waals surface area contributed by atoms with Crippen LogP contribution in [0.2, 0.25) is 0 Å². The summed E-state index contributed by atoms with van der Waals surface area (Å²) in [5.74, 6) is 0.395. The van der Waals surface area contributed by atoms with Crippen molar-refractivity contribution in [2.45, 2.75) is 5.92 Å². The van der Waals surface area contributed by atoms with Crippen LogP contribution in [-0.2, 0) is 0 Å². The van der Waals surface area contributed by atoms with E-state index in [1.807, 2.05) is 0 Å². The van der Waals surface area contributed by atoms with Gasteiger partial charge in [0.25, 0.3) is 0 Å². The monoisotopic (exact) mass is 270 g/mol. The summed E-state index contributed by atoms with van der Waals surface area (Å²) in [4.78, 5) is 0. The molecule has 2 aromatic carbocycles. The van der Waals surface area contributed by atoms with E-state index in [1.54, 1.807) is 0 Å². The summed E-state index contributed by atoms with van der Waals surface area (Å²) in [6.45, 7) is 0. The van der Waals surface area contributed by atoms with Crippen molar-refractivity contribution in [3.05, 3.63) is 75.8 Å². The van der Waals surface area contributed by atoms with Crippen LogP contribution in [0.3, 0.4) is 0 Å². The predicted octanol–water partition coefficient (Wildman–Crippen LogP) is 4.61. The van der Waals surface area contributed by atoms with E-state index < -0.39 is 0 Å². The number of fused-ring (bicyclic) bond motifs is 1. The molecule has 1 atom stereocenters. The third kappa shape index (κ3) is 1.52. The molecule has 0 nitrogen and oxygen atoms in total. The van der Waals surface area contributed by atoms with Crippen LogP contribution in [0.15, 0.2) is 59.1 Å². The van der Waals surface area contributed by atoms with E-state index in [0.29, 0.717) is 5.92 Å². The van der Waals surface area contributed by atoms with Crippen LogP contribution in [0.4, 0.5) is 0 Å². The van der Waals surface area contributed by atoms with Crippen molar-refractivity contribution >= 4 is 22.0 Å². The molecule has 0 spiro atoms. The molecule has 1 aliphatic rings. The Morgan fingerprint density at radius 1 is 0.875 bits per heavy atom. The fourth-order valence-electron chi connectivity index (χ4n) is 2.26. The van der Waals surface area contributed by atoms with Crippen molar-refractivity contribution in [2.24, 2.45) is 0 Å². The smallest absolute Gasteiger partial charge is 0.0289 e. The molecular weight excluding hydrogens is 260 g/mol. The Bertz CT molecular complexity index is 541. The molecule has 78 valence electrons. The Morgan fingerprint density at radius 2 is 1.69 bits per heavy atom. The SMILES string of the molecule is Brc1cccc2c1C(c1ccccc1)C=C2. The lowest BCUT2D eigenvalue weighted by molar-refractivity contribution is 1.04. The number of rotatable bonds is 1. The molecule has 0 aromatic heterocycles. The second-order valence-corrected chi connectivity index (χ2v) is 4.84. The van der Waals surface area contributed by atoms with E-state index in [9.17, 15) is 0 Å². The van der Waals surface area contributed by atoms with Crippen LogP contribution in [0.25, 0.3) is 6.08 Å². The maximum atomic E-state index is 3.64. The molecule has 0 N–H and O–H groups in total. The predicted molar refractivity (Wildman–Crippen MR) is 71.5 cm³/mol. The van der Waals surface area contributed by atoms with Gasteiger partial charge < -0.3 is 0 Å². The number of benzene rings is 2. The van der Waals surface area contributed by atoms with Gasteiger partial charge in [-0.3, -0.25) is 0 Å². The average Bonchev–Trinajstić information content (AvgIpc) is 2.75. The van der Waals surface area contributed by atoms with E-state index in [2.05, 4.69) is 76.6 Å². The lowest BCUT2D eigenvalue weighted by Gasteiger charge is -2.13. The highest BCUT2D eigenvalue weighted by Gasteiger charge is 2.20. The van der Waals surface area contributed by atoms with Crippen LogP contribution >= 0.6 is 15.9 Å². The van der Waals surface area contributed by atoms with E-state index in [1.165, 1.54) is 21.2 Å². The Balaban J connectivity index is 2.13. The summed E-state index contributed by atoms with van der Waals surface area (Å²) in [6, 6.07) is 17.0. The fourth-order valence-corrected chi connectivity index (χ4v) is 2.89. The van der Waals surface area contributed by atoms with Crippen molar-refractivity contribution in [1.82, 2.24) is 0 Å². The first-order valence-electron chi connectivity index (χ1n) is 5.38. The van der Waals surface area contributed by atoms with Gasteiger partial charge in [0.15, 0.2) is 0 Å². The standard InChI is InChI=1S/C15H11Br/c16-14-8-4-7-12-9-10-13(15(12)14)11-5-2-1-3-6-11/h1-10,13H. The Morgan fingerprint density at radius 3 is 2.50 bits per heavy atom. The van der Waals surface area contributed by atoms with Gasteiger partial charge in [-0.05, 0) is 22.8 Å². The summed E-state index contributed by atoms with van der Waals surface area (Å²) in [7, 11) is 0. The van der Waals surface area contributed by atoms with Crippen LogP contribution < -0.4 is 0 Å². The molecule has 3 rings (SSSR count). The van der Waals surface area contributed by atoms with Crippen molar-refractivity contribution in [3.63, 3.8) is 0 Å². The molecule has 2 aromatic rings. The van der Waals surface area contributed by atoms with Gasteiger partial charge in [0.05, 0.1) is 0 Å². The zero-order valence-electron chi connectivity index (χ0n) is 8.73. The van der Waals surface area contributed by atoms with Crippen molar-refractivity contribution in [1.29, 1.82) is 0 Å². The molecular formula is C15H11Br. The summed E-state index contributed by atoms with van der Waals surface area (Å²) >= 11 is 3.64. The molecule has 0 amide bonds. The van der Waals surface area contributed by atoms with Gasteiger partial charge in [0, 0.05) is 10.4 Å². The average molecular weight is 271 g/mol. The molecule has 16 heavy (non-hydrogen) atoms. The molecule has 0 heterocycles. The van der Waals surface area contributed by atoms with Gasteiger partial charge in [-0.1, -0.05) is 70.5 Å². The normalized spacial score (nSPS) is 17.4. The zero-order chi connectivity index (χ0) is 11.0. The summed E-state index contributed by atoms with van der Waals surface area (Å²) < 4.78 is 1.20. The number of allylic oxidation sites excluding steroid dienone is 1. The minimum Gasteiger partial charge on any atom is -0.0720 e. The van der Waals surface area contributed by atoms with Crippen molar-refractivity contribution in [2.75, 3.05) is 0 Å². The summed E-state index contributed by atoms with van der Waals surface area (Å²) in [5, 5.41) is 0. The van der Waals surface area contributed by atoms with Gasteiger partial charge in [-0.2, -0.15) is 0 Å². The number of halogens is 1. The molecule has 0 radical (unpaired) electrons. The maximum Gasteiger partial charge on any atom is 0.0289 e. The first-order chi connectivity index (χ1) is 7.86. The highest BCUT2D eigenvalue weighted by atomic mass is 79.9. The molecule has 1 aliphatic carbocycles. The fraction of sp³-hybridized carbons (Fsp3) is 0.0667. The molecule has 0 aliphatic heterocycles. The molecule has 0 fully saturated rings. The second kappa shape index (κ2) is 3.91. The molecule has 0 bridgehead atoms. The first kappa shape index (κ1) is 9.86. The van der Waals surface area contributed by atoms with E-state index in [-0.39, 0.29) is 0 Å².